The Balaban J connectivity index is 2.09. The van der Waals surface area contributed by atoms with Gasteiger partial charge in [-0.3, -0.25) is 9.59 Å². The summed E-state index contributed by atoms with van der Waals surface area (Å²) in [5.41, 5.74) is 0.645. The van der Waals surface area contributed by atoms with Crippen LogP contribution in [0.3, 0.4) is 0 Å². The molecule has 22 heavy (non-hydrogen) atoms. The van der Waals surface area contributed by atoms with Crippen LogP contribution in [0.25, 0.3) is 0 Å². The van der Waals surface area contributed by atoms with Gasteiger partial charge in [0.15, 0.2) is 0 Å². The van der Waals surface area contributed by atoms with E-state index in [9.17, 15) is 9.59 Å². The van der Waals surface area contributed by atoms with E-state index in [2.05, 4.69) is 29.4 Å². The van der Waals surface area contributed by atoms with E-state index in [-0.39, 0.29) is 11.8 Å². The first-order valence-electron chi connectivity index (χ1n) is 7.99. The second-order valence-electron chi connectivity index (χ2n) is 5.10. The fraction of sp³-hybridized carbons (Fsp3) is 0.529. The van der Waals surface area contributed by atoms with Crippen molar-refractivity contribution in [1.29, 1.82) is 0 Å². The number of nitrogens with one attached hydrogen (secondary N) is 2. The molecule has 2 amide bonds. The molecule has 0 saturated carbocycles. The lowest BCUT2D eigenvalue weighted by molar-refractivity contribution is -0.121. The Bertz CT molecular complexity index is 444. The van der Waals surface area contributed by atoms with Gasteiger partial charge in [-0.2, -0.15) is 0 Å². The van der Waals surface area contributed by atoms with Crippen molar-refractivity contribution in [2.45, 2.75) is 26.7 Å². The van der Waals surface area contributed by atoms with Gasteiger partial charge in [-0.25, -0.2) is 0 Å². The normalized spacial score (nSPS) is 10.5. The summed E-state index contributed by atoms with van der Waals surface area (Å²) < 4.78 is 0. The summed E-state index contributed by atoms with van der Waals surface area (Å²) >= 11 is 0. The first kappa shape index (κ1) is 18.2. The van der Waals surface area contributed by atoms with Crippen molar-refractivity contribution in [2.75, 3.05) is 32.7 Å². The second-order valence-corrected chi connectivity index (χ2v) is 5.10. The molecule has 2 N–H and O–H groups in total. The van der Waals surface area contributed by atoms with E-state index in [1.807, 2.05) is 18.2 Å². The molecular formula is C17H27N3O2. The molecule has 0 saturated heterocycles. The summed E-state index contributed by atoms with van der Waals surface area (Å²) in [7, 11) is 0. The van der Waals surface area contributed by atoms with Gasteiger partial charge in [-0.1, -0.05) is 32.0 Å². The number of benzene rings is 1. The fourth-order valence-corrected chi connectivity index (χ4v) is 2.12. The van der Waals surface area contributed by atoms with E-state index in [1.54, 1.807) is 12.1 Å². The summed E-state index contributed by atoms with van der Waals surface area (Å²) in [6.07, 6.45) is 1.09. The molecule has 5 nitrogen and oxygen atoms in total. The van der Waals surface area contributed by atoms with E-state index < -0.39 is 0 Å². The highest BCUT2D eigenvalue weighted by Gasteiger charge is 2.05. The molecule has 0 unspecified atom stereocenters. The number of likely N-dealkylation sites (N-methyl/N-ethyl adjacent to an activating group) is 1. The minimum Gasteiger partial charge on any atom is -0.355 e. The van der Waals surface area contributed by atoms with Gasteiger partial charge in [0.05, 0.1) is 0 Å². The Morgan fingerprint density at radius 3 is 2.32 bits per heavy atom. The first-order chi connectivity index (χ1) is 10.7. The molecule has 0 atom stereocenters. The lowest BCUT2D eigenvalue weighted by atomic mass is 10.2. The number of nitrogens with zero attached hydrogens (tertiary/aromatic N) is 1. The summed E-state index contributed by atoms with van der Waals surface area (Å²) in [4.78, 5) is 25.7. The zero-order chi connectivity index (χ0) is 16.2. The zero-order valence-electron chi connectivity index (χ0n) is 13.6. The largest absolute Gasteiger partial charge is 0.355 e. The molecule has 0 heterocycles. The molecule has 0 bridgehead atoms. The van der Waals surface area contributed by atoms with Gasteiger partial charge in [0.1, 0.15) is 0 Å². The molecular weight excluding hydrogens is 278 g/mol. The Morgan fingerprint density at radius 1 is 1.00 bits per heavy atom. The van der Waals surface area contributed by atoms with Crippen LogP contribution in [0.15, 0.2) is 30.3 Å². The number of hydrogen-bond acceptors (Lipinski definition) is 3. The third-order valence-corrected chi connectivity index (χ3v) is 3.55. The topological polar surface area (TPSA) is 61.4 Å². The van der Waals surface area contributed by atoms with Crippen LogP contribution in [-0.2, 0) is 4.79 Å². The molecule has 0 radical (unpaired) electrons. The Kier molecular flexibility index (Phi) is 8.91. The van der Waals surface area contributed by atoms with Crippen molar-refractivity contribution in [3.8, 4) is 0 Å². The molecule has 0 spiro atoms. The van der Waals surface area contributed by atoms with Crippen molar-refractivity contribution in [3.63, 3.8) is 0 Å². The summed E-state index contributed by atoms with van der Waals surface area (Å²) in [6.45, 7) is 8.29. The highest BCUT2D eigenvalue weighted by atomic mass is 16.2. The van der Waals surface area contributed by atoms with Crippen molar-refractivity contribution in [3.05, 3.63) is 35.9 Å². The van der Waals surface area contributed by atoms with Crippen LogP contribution in [0.4, 0.5) is 0 Å². The van der Waals surface area contributed by atoms with Gasteiger partial charge in [-0.05, 0) is 31.6 Å². The van der Waals surface area contributed by atoms with Crippen LogP contribution in [0.1, 0.15) is 37.0 Å². The molecule has 1 rings (SSSR count). The molecule has 0 fully saturated rings. The number of carbonyl (C=O) groups is 2. The van der Waals surface area contributed by atoms with Crippen molar-refractivity contribution in [2.24, 2.45) is 0 Å². The van der Waals surface area contributed by atoms with Gasteiger partial charge in [0.25, 0.3) is 5.91 Å². The Hall–Kier alpha value is -1.88. The smallest absolute Gasteiger partial charge is 0.251 e. The molecule has 5 heteroatoms. The van der Waals surface area contributed by atoms with Crippen LogP contribution in [0.2, 0.25) is 0 Å². The van der Waals surface area contributed by atoms with Crippen molar-refractivity contribution >= 4 is 11.8 Å². The Labute approximate surface area is 133 Å². The van der Waals surface area contributed by atoms with Crippen LogP contribution in [0, 0.1) is 0 Å². The maximum Gasteiger partial charge on any atom is 0.251 e. The van der Waals surface area contributed by atoms with E-state index in [1.165, 1.54) is 0 Å². The van der Waals surface area contributed by atoms with E-state index in [0.717, 1.165) is 19.6 Å². The third-order valence-electron chi connectivity index (χ3n) is 3.55. The first-order valence-corrected chi connectivity index (χ1v) is 7.99. The fourth-order valence-electron chi connectivity index (χ4n) is 2.12. The zero-order valence-corrected chi connectivity index (χ0v) is 13.6. The average molecular weight is 305 g/mol. The van der Waals surface area contributed by atoms with Gasteiger partial charge in [0.2, 0.25) is 5.91 Å². The van der Waals surface area contributed by atoms with E-state index >= 15 is 0 Å². The minimum atomic E-state index is -0.0949. The summed E-state index contributed by atoms with van der Waals surface area (Å²) in [5.74, 6) is -0.0522. The van der Waals surface area contributed by atoms with Crippen LogP contribution in [-0.4, -0.2) is 49.4 Å². The van der Waals surface area contributed by atoms with E-state index in [4.69, 9.17) is 0 Å². The van der Waals surface area contributed by atoms with Crippen LogP contribution >= 0.6 is 0 Å². The van der Waals surface area contributed by atoms with Crippen LogP contribution in [0.5, 0.6) is 0 Å². The van der Waals surface area contributed by atoms with Gasteiger partial charge < -0.3 is 15.5 Å². The molecule has 0 aliphatic carbocycles. The molecule has 1 aromatic carbocycles. The van der Waals surface area contributed by atoms with Crippen LogP contribution < -0.4 is 10.6 Å². The number of carbonyl (C=O) groups excluding carboxylic acids is 2. The standard InChI is InChI=1S/C17H27N3O2/c1-3-20(4-2)14-13-18-16(21)11-8-12-19-17(22)15-9-6-5-7-10-15/h5-7,9-10H,3-4,8,11-14H2,1-2H3,(H,18,21)(H,19,22). The van der Waals surface area contributed by atoms with E-state index in [0.29, 0.717) is 31.5 Å². The SMILES string of the molecule is CCN(CC)CCNC(=O)CCCNC(=O)c1ccccc1. The molecule has 122 valence electrons. The maximum atomic E-state index is 11.8. The van der Waals surface area contributed by atoms with Gasteiger partial charge in [-0.15, -0.1) is 0 Å². The minimum absolute atomic E-state index is 0.0427. The monoisotopic (exact) mass is 305 g/mol. The third kappa shape index (κ3) is 7.22. The molecule has 0 aliphatic heterocycles. The predicted molar refractivity (Wildman–Crippen MR) is 88.8 cm³/mol. The summed E-state index contributed by atoms with van der Waals surface area (Å²) in [5, 5.41) is 5.73. The summed E-state index contributed by atoms with van der Waals surface area (Å²) in [6, 6.07) is 9.08. The van der Waals surface area contributed by atoms with Crippen molar-refractivity contribution < 1.29 is 9.59 Å². The number of hydrogen-bond donors (Lipinski definition) is 2. The lowest BCUT2D eigenvalue weighted by Crippen LogP contribution is -2.35. The second kappa shape index (κ2) is 10.8. The molecule has 0 aliphatic rings. The highest BCUT2D eigenvalue weighted by Crippen LogP contribution is 1.98. The van der Waals surface area contributed by atoms with Crippen molar-refractivity contribution in [1.82, 2.24) is 15.5 Å². The molecule has 0 aromatic heterocycles. The highest BCUT2D eigenvalue weighted by molar-refractivity contribution is 5.94. The number of rotatable bonds is 10. The van der Waals surface area contributed by atoms with Gasteiger partial charge >= 0.3 is 0 Å². The van der Waals surface area contributed by atoms with Gasteiger partial charge in [0, 0.05) is 31.6 Å². The Morgan fingerprint density at radius 2 is 1.68 bits per heavy atom. The average Bonchev–Trinajstić information content (AvgIpc) is 2.56. The quantitative estimate of drug-likeness (QED) is 0.646. The predicted octanol–water partition coefficient (Wildman–Crippen LogP) is 1.65. The molecule has 1 aromatic rings. The number of amides is 2. The maximum absolute atomic E-state index is 11.8. The lowest BCUT2D eigenvalue weighted by Gasteiger charge is -2.17.